The van der Waals surface area contributed by atoms with E-state index in [9.17, 15) is 13.2 Å². The Morgan fingerprint density at radius 2 is 1.67 bits per heavy atom. The summed E-state index contributed by atoms with van der Waals surface area (Å²) in [6, 6.07) is 13.0. The Morgan fingerprint density at radius 1 is 1.00 bits per heavy atom. The van der Waals surface area contributed by atoms with Gasteiger partial charge >= 0.3 is 6.18 Å². The number of aromatic nitrogens is 2. The van der Waals surface area contributed by atoms with Gasteiger partial charge in [0.05, 0.1) is 17.5 Å². The molecule has 0 aliphatic rings. The van der Waals surface area contributed by atoms with Crippen molar-refractivity contribution in [3.8, 4) is 11.3 Å². The van der Waals surface area contributed by atoms with E-state index < -0.39 is 11.7 Å². The molecule has 3 nitrogen and oxygen atoms in total. The summed E-state index contributed by atoms with van der Waals surface area (Å²) in [7, 11) is 0. The highest BCUT2D eigenvalue weighted by Crippen LogP contribution is 2.31. The summed E-state index contributed by atoms with van der Waals surface area (Å²) >= 11 is 0. The van der Waals surface area contributed by atoms with Crippen LogP contribution in [0, 0.1) is 6.92 Å². The summed E-state index contributed by atoms with van der Waals surface area (Å²) in [5.41, 5.74) is 3.75. The third kappa shape index (κ3) is 3.59. The number of anilines is 1. The zero-order valence-electron chi connectivity index (χ0n) is 13.0. The maximum atomic E-state index is 12.6. The highest BCUT2D eigenvalue weighted by Gasteiger charge is 2.30. The molecule has 2 N–H and O–H groups in total. The van der Waals surface area contributed by atoms with Crippen LogP contribution in [0.5, 0.6) is 0 Å². The smallest absolute Gasteiger partial charge is 0.381 e. The van der Waals surface area contributed by atoms with E-state index in [2.05, 4.69) is 15.5 Å². The first-order chi connectivity index (χ1) is 11.4. The molecule has 0 amide bonds. The van der Waals surface area contributed by atoms with Crippen LogP contribution in [-0.2, 0) is 12.7 Å². The van der Waals surface area contributed by atoms with Crippen LogP contribution >= 0.6 is 0 Å². The molecule has 0 saturated carbocycles. The summed E-state index contributed by atoms with van der Waals surface area (Å²) in [6.07, 6.45) is -2.66. The normalized spacial score (nSPS) is 11.5. The molecule has 0 fully saturated rings. The predicted molar refractivity (Wildman–Crippen MR) is 87.5 cm³/mol. The van der Waals surface area contributed by atoms with Gasteiger partial charge in [-0.1, -0.05) is 29.8 Å². The second kappa shape index (κ2) is 6.39. The van der Waals surface area contributed by atoms with Crippen molar-refractivity contribution in [1.82, 2.24) is 10.2 Å². The van der Waals surface area contributed by atoms with E-state index in [-0.39, 0.29) is 0 Å². The number of aryl methyl sites for hydroxylation is 1. The predicted octanol–water partition coefficient (Wildman–Crippen LogP) is 5.02. The molecule has 124 valence electrons. The Labute approximate surface area is 137 Å². The highest BCUT2D eigenvalue weighted by atomic mass is 19.4. The minimum atomic E-state index is -4.33. The highest BCUT2D eigenvalue weighted by molar-refractivity contribution is 5.63. The largest absolute Gasteiger partial charge is 0.416 e. The lowest BCUT2D eigenvalue weighted by atomic mass is 10.1. The topological polar surface area (TPSA) is 40.7 Å². The fourth-order valence-corrected chi connectivity index (χ4v) is 2.39. The van der Waals surface area contributed by atoms with E-state index in [0.717, 1.165) is 23.4 Å². The molecule has 0 radical (unpaired) electrons. The van der Waals surface area contributed by atoms with Crippen molar-refractivity contribution in [3.05, 3.63) is 71.4 Å². The number of aromatic amines is 1. The molecule has 0 aliphatic heterocycles. The van der Waals surface area contributed by atoms with Gasteiger partial charge in [0, 0.05) is 17.8 Å². The van der Waals surface area contributed by atoms with Crippen LogP contribution < -0.4 is 5.32 Å². The first-order valence-electron chi connectivity index (χ1n) is 7.44. The molecular formula is C18H16F3N3. The lowest BCUT2D eigenvalue weighted by Crippen LogP contribution is -2.04. The molecule has 0 unspecified atom stereocenters. The number of benzene rings is 2. The summed E-state index contributed by atoms with van der Waals surface area (Å²) < 4.78 is 37.9. The van der Waals surface area contributed by atoms with Gasteiger partial charge in [0.25, 0.3) is 0 Å². The van der Waals surface area contributed by atoms with Crippen molar-refractivity contribution in [3.63, 3.8) is 0 Å². The Morgan fingerprint density at radius 3 is 2.29 bits per heavy atom. The van der Waals surface area contributed by atoms with Gasteiger partial charge in [-0.25, -0.2) is 0 Å². The van der Waals surface area contributed by atoms with Gasteiger partial charge in [0.2, 0.25) is 0 Å². The van der Waals surface area contributed by atoms with Crippen LogP contribution in [0.3, 0.4) is 0 Å². The molecule has 0 atom stereocenters. The van der Waals surface area contributed by atoms with Crippen molar-refractivity contribution in [2.45, 2.75) is 19.6 Å². The number of H-pyrrole nitrogens is 1. The minimum absolute atomic E-state index is 0.524. The number of nitrogens with zero attached hydrogens (tertiary/aromatic N) is 1. The lowest BCUT2D eigenvalue weighted by molar-refractivity contribution is -0.137. The molecule has 1 aromatic heterocycles. The second-order valence-corrected chi connectivity index (χ2v) is 5.56. The molecule has 24 heavy (non-hydrogen) atoms. The average Bonchev–Trinajstić information content (AvgIpc) is 3.02. The maximum absolute atomic E-state index is 12.6. The summed E-state index contributed by atoms with van der Waals surface area (Å²) in [5, 5.41) is 10.1. The molecule has 6 heteroatoms. The van der Waals surface area contributed by atoms with E-state index in [1.165, 1.54) is 17.7 Å². The van der Waals surface area contributed by atoms with E-state index >= 15 is 0 Å². The van der Waals surface area contributed by atoms with Gasteiger partial charge in [-0.05, 0) is 36.8 Å². The molecule has 0 saturated heterocycles. The first kappa shape index (κ1) is 16.1. The number of halogens is 3. The van der Waals surface area contributed by atoms with Crippen molar-refractivity contribution >= 4 is 5.69 Å². The zero-order chi connectivity index (χ0) is 17.2. The van der Waals surface area contributed by atoms with Gasteiger partial charge in [0.1, 0.15) is 0 Å². The SMILES string of the molecule is Cc1ccc(NCc2cn[nH]c2-c2ccc(C(F)(F)F)cc2)cc1. The Balaban J connectivity index is 1.76. The van der Waals surface area contributed by atoms with Crippen LogP contribution in [-0.4, -0.2) is 10.2 Å². The lowest BCUT2D eigenvalue weighted by Gasteiger charge is -2.09. The van der Waals surface area contributed by atoms with E-state index in [1.807, 2.05) is 31.2 Å². The van der Waals surface area contributed by atoms with Crippen LogP contribution in [0.25, 0.3) is 11.3 Å². The number of hydrogen-bond donors (Lipinski definition) is 2. The van der Waals surface area contributed by atoms with Crippen LogP contribution in [0.4, 0.5) is 18.9 Å². The van der Waals surface area contributed by atoms with Gasteiger partial charge in [0.15, 0.2) is 0 Å². The summed E-state index contributed by atoms with van der Waals surface area (Å²) in [6.45, 7) is 2.54. The van der Waals surface area contributed by atoms with E-state index in [0.29, 0.717) is 17.8 Å². The molecule has 1 heterocycles. The average molecular weight is 331 g/mol. The minimum Gasteiger partial charge on any atom is -0.381 e. The summed E-state index contributed by atoms with van der Waals surface area (Å²) in [4.78, 5) is 0. The summed E-state index contributed by atoms with van der Waals surface area (Å²) in [5.74, 6) is 0. The Hall–Kier alpha value is -2.76. The van der Waals surface area contributed by atoms with E-state index in [4.69, 9.17) is 0 Å². The molecule has 3 aromatic rings. The van der Waals surface area contributed by atoms with Gasteiger partial charge in [-0.3, -0.25) is 5.10 Å². The fourth-order valence-electron chi connectivity index (χ4n) is 2.39. The standard InChI is InChI=1S/C18H16F3N3/c1-12-2-8-16(9-3-12)22-10-14-11-23-24-17(14)13-4-6-15(7-5-13)18(19,20)21/h2-9,11,22H,10H2,1H3,(H,23,24). The number of alkyl halides is 3. The molecule has 2 aromatic carbocycles. The zero-order valence-corrected chi connectivity index (χ0v) is 13.0. The van der Waals surface area contributed by atoms with Crippen LogP contribution in [0.2, 0.25) is 0 Å². The van der Waals surface area contributed by atoms with E-state index in [1.54, 1.807) is 6.20 Å². The quantitative estimate of drug-likeness (QED) is 0.705. The Kier molecular flexibility index (Phi) is 4.29. The third-order valence-electron chi connectivity index (χ3n) is 3.75. The van der Waals surface area contributed by atoms with Crippen molar-refractivity contribution < 1.29 is 13.2 Å². The van der Waals surface area contributed by atoms with Crippen LogP contribution in [0.1, 0.15) is 16.7 Å². The maximum Gasteiger partial charge on any atom is 0.416 e. The molecule has 0 spiro atoms. The number of rotatable bonds is 4. The molecule has 0 bridgehead atoms. The van der Waals surface area contributed by atoms with Crippen molar-refractivity contribution in [1.29, 1.82) is 0 Å². The van der Waals surface area contributed by atoms with Crippen molar-refractivity contribution in [2.75, 3.05) is 5.32 Å². The monoisotopic (exact) mass is 331 g/mol. The number of hydrogen-bond acceptors (Lipinski definition) is 2. The van der Waals surface area contributed by atoms with Crippen LogP contribution in [0.15, 0.2) is 54.7 Å². The van der Waals surface area contributed by atoms with Gasteiger partial charge in [-0.15, -0.1) is 0 Å². The van der Waals surface area contributed by atoms with Crippen molar-refractivity contribution in [2.24, 2.45) is 0 Å². The molecular weight excluding hydrogens is 315 g/mol. The van der Waals surface area contributed by atoms with Gasteiger partial charge < -0.3 is 5.32 Å². The van der Waals surface area contributed by atoms with Gasteiger partial charge in [-0.2, -0.15) is 18.3 Å². The molecule has 0 aliphatic carbocycles. The molecule has 3 rings (SSSR count). The Bertz CT molecular complexity index is 803. The second-order valence-electron chi connectivity index (χ2n) is 5.56. The first-order valence-corrected chi connectivity index (χ1v) is 7.44. The fraction of sp³-hybridized carbons (Fsp3) is 0.167. The number of nitrogens with one attached hydrogen (secondary N) is 2. The third-order valence-corrected chi connectivity index (χ3v) is 3.75.